The molecule has 0 amide bonds. The van der Waals surface area contributed by atoms with Gasteiger partial charge in [0.25, 0.3) is 0 Å². The molecule has 1 atom stereocenters. The highest BCUT2D eigenvalue weighted by atomic mass is 127. The summed E-state index contributed by atoms with van der Waals surface area (Å²) in [6.45, 7) is 15.0. The molecule has 1 aromatic heterocycles. The predicted molar refractivity (Wildman–Crippen MR) is 124 cm³/mol. The molecule has 1 rings (SSSR count). The van der Waals surface area contributed by atoms with Gasteiger partial charge in [-0.3, -0.25) is 4.99 Å². The lowest BCUT2D eigenvalue weighted by molar-refractivity contribution is 0.105. The Morgan fingerprint density at radius 1 is 1.26 bits per heavy atom. The number of hydrogen-bond donors (Lipinski definition) is 2. The van der Waals surface area contributed by atoms with E-state index in [9.17, 15) is 0 Å². The first-order valence-corrected chi connectivity index (χ1v) is 10.1. The zero-order valence-corrected chi connectivity index (χ0v) is 19.8. The number of halogens is 1. The normalized spacial score (nSPS) is 12.7. The fourth-order valence-electron chi connectivity index (χ4n) is 2.71. The Labute approximate surface area is 182 Å². The van der Waals surface area contributed by atoms with E-state index < -0.39 is 0 Å². The molecule has 27 heavy (non-hydrogen) atoms. The summed E-state index contributed by atoms with van der Waals surface area (Å²) in [6, 6.07) is 4.21. The fraction of sp³-hybridized carbons (Fsp3) is 0.750. The zero-order chi connectivity index (χ0) is 19.0. The van der Waals surface area contributed by atoms with Gasteiger partial charge in [-0.2, -0.15) is 0 Å². The Morgan fingerprint density at radius 3 is 2.67 bits per heavy atom. The van der Waals surface area contributed by atoms with Crippen LogP contribution in [0.2, 0.25) is 0 Å². The van der Waals surface area contributed by atoms with Gasteiger partial charge in [0.1, 0.15) is 12.4 Å². The molecule has 0 aliphatic carbocycles. The summed E-state index contributed by atoms with van der Waals surface area (Å²) >= 11 is 0. The quantitative estimate of drug-likeness (QED) is 0.178. The van der Waals surface area contributed by atoms with Crippen LogP contribution in [-0.2, 0) is 11.3 Å². The lowest BCUT2D eigenvalue weighted by Gasteiger charge is -2.21. The molecule has 0 aliphatic heterocycles. The standard InChI is InChI=1S/C20H38N4O2.HI/c1-5-21-20(23-18(4)11-8-14-24(6-2)7-3)22-13-10-15-25-17-19-12-9-16-26-19;/h9,12,16,18H,5-8,10-11,13-15,17H2,1-4H3,(H2,21,22,23);1H. The first-order valence-electron chi connectivity index (χ1n) is 10.1. The van der Waals surface area contributed by atoms with E-state index >= 15 is 0 Å². The van der Waals surface area contributed by atoms with Gasteiger partial charge in [0.15, 0.2) is 5.96 Å². The Bertz CT molecular complexity index is 465. The van der Waals surface area contributed by atoms with Gasteiger partial charge in [0.2, 0.25) is 0 Å². The Kier molecular flexibility index (Phi) is 16.8. The van der Waals surface area contributed by atoms with Crippen molar-refractivity contribution in [2.75, 3.05) is 39.3 Å². The van der Waals surface area contributed by atoms with Crippen molar-refractivity contribution < 1.29 is 9.15 Å². The molecule has 7 heteroatoms. The lowest BCUT2D eigenvalue weighted by Crippen LogP contribution is -2.42. The van der Waals surface area contributed by atoms with Crippen LogP contribution in [0.25, 0.3) is 0 Å². The van der Waals surface area contributed by atoms with E-state index in [4.69, 9.17) is 9.15 Å². The molecule has 0 saturated carbocycles. The molecule has 0 bridgehead atoms. The third-order valence-corrected chi connectivity index (χ3v) is 4.27. The highest BCUT2D eigenvalue weighted by Gasteiger charge is 2.06. The lowest BCUT2D eigenvalue weighted by atomic mass is 10.2. The molecule has 0 saturated heterocycles. The number of hydrogen-bond acceptors (Lipinski definition) is 4. The summed E-state index contributed by atoms with van der Waals surface area (Å²) < 4.78 is 10.8. The van der Waals surface area contributed by atoms with E-state index in [2.05, 4.69) is 48.2 Å². The van der Waals surface area contributed by atoms with Gasteiger partial charge < -0.3 is 24.7 Å². The molecule has 6 nitrogen and oxygen atoms in total. The third kappa shape index (κ3) is 13.1. The van der Waals surface area contributed by atoms with Crippen LogP contribution in [-0.4, -0.2) is 56.2 Å². The van der Waals surface area contributed by atoms with Crippen molar-refractivity contribution in [2.45, 2.75) is 59.6 Å². The second-order valence-electron chi connectivity index (χ2n) is 6.46. The molecular formula is C20H39IN4O2. The highest BCUT2D eigenvalue weighted by molar-refractivity contribution is 14.0. The first kappa shape index (κ1) is 26.2. The second kappa shape index (κ2) is 17.3. The van der Waals surface area contributed by atoms with Crippen LogP contribution in [0.15, 0.2) is 27.8 Å². The third-order valence-electron chi connectivity index (χ3n) is 4.27. The first-order chi connectivity index (χ1) is 12.7. The van der Waals surface area contributed by atoms with Crippen molar-refractivity contribution in [3.63, 3.8) is 0 Å². The molecule has 2 N–H and O–H groups in total. The van der Waals surface area contributed by atoms with Gasteiger partial charge in [0, 0.05) is 25.7 Å². The highest BCUT2D eigenvalue weighted by Crippen LogP contribution is 2.02. The molecule has 1 unspecified atom stereocenters. The molecule has 158 valence electrons. The molecule has 0 fully saturated rings. The average molecular weight is 494 g/mol. The van der Waals surface area contributed by atoms with Crippen LogP contribution in [0.5, 0.6) is 0 Å². The average Bonchev–Trinajstić information content (AvgIpc) is 3.15. The molecule has 0 aliphatic rings. The van der Waals surface area contributed by atoms with Crippen molar-refractivity contribution in [1.82, 2.24) is 15.5 Å². The smallest absolute Gasteiger partial charge is 0.191 e. The van der Waals surface area contributed by atoms with Gasteiger partial charge in [-0.1, -0.05) is 13.8 Å². The molecule has 0 radical (unpaired) electrons. The second-order valence-corrected chi connectivity index (χ2v) is 6.46. The maximum absolute atomic E-state index is 5.59. The summed E-state index contributed by atoms with van der Waals surface area (Å²) in [5.41, 5.74) is 0. The van der Waals surface area contributed by atoms with Crippen molar-refractivity contribution in [3.05, 3.63) is 24.2 Å². The van der Waals surface area contributed by atoms with Crippen molar-refractivity contribution in [2.24, 2.45) is 4.99 Å². The van der Waals surface area contributed by atoms with Gasteiger partial charge in [-0.05, 0) is 64.9 Å². The summed E-state index contributed by atoms with van der Waals surface area (Å²) in [6.07, 6.45) is 4.91. The number of guanidine groups is 1. The van der Waals surface area contributed by atoms with E-state index in [-0.39, 0.29) is 24.0 Å². The minimum Gasteiger partial charge on any atom is -0.467 e. The van der Waals surface area contributed by atoms with Crippen molar-refractivity contribution >= 4 is 29.9 Å². The largest absolute Gasteiger partial charge is 0.467 e. The predicted octanol–water partition coefficient (Wildman–Crippen LogP) is 3.87. The Morgan fingerprint density at radius 2 is 2.04 bits per heavy atom. The van der Waals surface area contributed by atoms with Gasteiger partial charge in [-0.25, -0.2) is 0 Å². The van der Waals surface area contributed by atoms with Crippen LogP contribution < -0.4 is 10.6 Å². The van der Waals surface area contributed by atoms with E-state index in [1.165, 1.54) is 13.0 Å². The number of ether oxygens (including phenoxy) is 1. The molecule has 1 heterocycles. The van der Waals surface area contributed by atoms with Crippen LogP contribution in [0.1, 0.15) is 52.7 Å². The minimum atomic E-state index is 0. The number of aliphatic imine (C=N–C) groups is 1. The number of nitrogens with one attached hydrogen (secondary N) is 2. The Hall–Kier alpha value is -0.800. The summed E-state index contributed by atoms with van der Waals surface area (Å²) in [4.78, 5) is 7.11. The van der Waals surface area contributed by atoms with Crippen LogP contribution in [0.4, 0.5) is 0 Å². The van der Waals surface area contributed by atoms with Gasteiger partial charge in [0.05, 0.1) is 6.26 Å². The molecule has 0 aromatic carbocycles. The topological polar surface area (TPSA) is 62.0 Å². The fourth-order valence-corrected chi connectivity index (χ4v) is 2.71. The van der Waals surface area contributed by atoms with Crippen molar-refractivity contribution in [3.8, 4) is 0 Å². The molecule has 1 aromatic rings. The maximum Gasteiger partial charge on any atom is 0.191 e. The van der Waals surface area contributed by atoms with Crippen molar-refractivity contribution in [1.29, 1.82) is 0 Å². The van der Waals surface area contributed by atoms with E-state index in [1.54, 1.807) is 6.26 Å². The molecular weight excluding hydrogens is 455 g/mol. The monoisotopic (exact) mass is 494 g/mol. The van der Waals surface area contributed by atoms with E-state index in [1.807, 2.05) is 12.1 Å². The SMILES string of the molecule is CCNC(=NCCCOCc1ccco1)NC(C)CCCN(CC)CC.I. The van der Waals surface area contributed by atoms with Gasteiger partial charge >= 0.3 is 0 Å². The zero-order valence-electron chi connectivity index (χ0n) is 17.5. The minimum absolute atomic E-state index is 0. The van der Waals surface area contributed by atoms with Crippen LogP contribution in [0, 0.1) is 0 Å². The summed E-state index contributed by atoms with van der Waals surface area (Å²) in [5, 5.41) is 6.83. The maximum atomic E-state index is 5.59. The number of rotatable bonds is 14. The van der Waals surface area contributed by atoms with E-state index in [0.29, 0.717) is 19.3 Å². The van der Waals surface area contributed by atoms with Crippen LogP contribution in [0.3, 0.4) is 0 Å². The van der Waals surface area contributed by atoms with Gasteiger partial charge in [-0.15, -0.1) is 24.0 Å². The Balaban J connectivity index is 0.00000676. The van der Waals surface area contributed by atoms with E-state index in [0.717, 1.165) is 50.7 Å². The number of furan rings is 1. The summed E-state index contributed by atoms with van der Waals surface area (Å²) in [5.74, 6) is 1.76. The molecule has 0 spiro atoms. The van der Waals surface area contributed by atoms with Crippen LogP contribution >= 0.6 is 24.0 Å². The summed E-state index contributed by atoms with van der Waals surface area (Å²) in [7, 11) is 0. The number of nitrogens with zero attached hydrogens (tertiary/aromatic N) is 2.